The van der Waals surface area contributed by atoms with Crippen molar-refractivity contribution in [1.82, 2.24) is 25.8 Å². The lowest BCUT2D eigenvalue weighted by molar-refractivity contribution is -0.143. The number of hydrogen-bond acceptors (Lipinski definition) is 9. The van der Waals surface area contributed by atoms with Gasteiger partial charge in [-0.15, -0.1) is 6.58 Å². The number of amides is 6. The Morgan fingerprint density at radius 1 is 1.10 bits per heavy atom. The summed E-state index contributed by atoms with van der Waals surface area (Å²) in [4.78, 5) is 91.8. The van der Waals surface area contributed by atoms with E-state index < -0.39 is 77.8 Å². The Kier molecular flexibility index (Phi) is 13.4. The number of nitrogens with one attached hydrogen (secondary N) is 3. The minimum absolute atomic E-state index is 0.0425. The summed E-state index contributed by atoms with van der Waals surface area (Å²) in [7, 11) is 0. The average molecular weight is 582 g/mol. The first-order valence-electron chi connectivity index (χ1n) is 13.6. The summed E-state index contributed by atoms with van der Waals surface area (Å²) < 4.78 is 10.2. The van der Waals surface area contributed by atoms with Gasteiger partial charge in [-0.05, 0) is 40.0 Å². The molecule has 6 amide bonds. The fourth-order valence-corrected chi connectivity index (χ4v) is 3.93. The first kappa shape index (κ1) is 35.1. The number of hydrogen-bond donors (Lipinski definition) is 3. The van der Waals surface area contributed by atoms with Crippen LogP contribution in [-0.4, -0.2) is 101 Å². The molecule has 14 nitrogen and oxygen atoms in total. The second kappa shape index (κ2) is 15.7. The summed E-state index contributed by atoms with van der Waals surface area (Å²) in [6.07, 6.45) is 1.03. The lowest BCUT2D eigenvalue weighted by Gasteiger charge is -2.30. The Balaban J connectivity index is 3.35. The molecule has 3 unspecified atom stereocenters. The van der Waals surface area contributed by atoms with Gasteiger partial charge in [-0.25, -0.2) is 14.5 Å². The topological polar surface area (TPSA) is 181 Å². The number of Topliss-reactive ketones (excluding diaryl/α,β-unsaturated/α-hetero) is 1. The standard InChI is InChI=1S/C27H43N5O9/c1-9-12-17(21(34)23(36)28-13-10-2)29-22(35)18-14-31(15-19(33)40-11-3)26(39)32(18)24(37)20(16(4)5)30-25(38)41-27(6,7)8/h10,16-18,20H,2,9,11-15H2,1,3-8H3,(H,28,36)(H,29,35)(H,30,38). The van der Waals surface area contributed by atoms with Crippen LogP contribution < -0.4 is 16.0 Å². The molecule has 0 spiro atoms. The van der Waals surface area contributed by atoms with Crippen molar-refractivity contribution in [1.29, 1.82) is 0 Å². The molecular formula is C27H43N5O9. The Morgan fingerprint density at radius 2 is 1.73 bits per heavy atom. The summed E-state index contributed by atoms with van der Waals surface area (Å²) in [5.41, 5.74) is -0.865. The van der Waals surface area contributed by atoms with Crippen molar-refractivity contribution in [2.24, 2.45) is 5.92 Å². The molecule has 1 heterocycles. The Morgan fingerprint density at radius 3 is 2.24 bits per heavy atom. The van der Waals surface area contributed by atoms with E-state index in [0.717, 1.165) is 4.90 Å². The van der Waals surface area contributed by atoms with Crippen LogP contribution in [0.3, 0.4) is 0 Å². The molecule has 14 heteroatoms. The molecule has 3 N–H and O–H groups in total. The highest BCUT2D eigenvalue weighted by atomic mass is 16.6. The number of urea groups is 1. The summed E-state index contributed by atoms with van der Waals surface area (Å²) in [5, 5.41) is 7.31. The van der Waals surface area contributed by atoms with Crippen LogP contribution in [0.25, 0.3) is 0 Å². The van der Waals surface area contributed by atoms with Crippen LogP contribution in [0.15, 0.2) is 12.7 Å². The maximum absolute atomic E-state index is 13.7. The van der Waals surface area contributed by atoms with Gasteiger partial charge >= 0.3 is 18.1 Å². The number of nitrogens with zero attached hydrogens (tertiary/aromatic N) is 2. The molecule has 1 saturated heterocycles. The van der Waals surface area contributed by atoms with Gasteiger partial charge < -0.3 is 30.3 Å². The number of rotatable bonds is 14. The summed E-state index contributed by atoms with van der Waals surface area (Å²) in [5.74, 6) is -4.91. The van der Waals surface area contributed by atoms with E-state index in [0.29, 0.717) is 11.3 Å². The Labute approximate surface area is 240 Å². The molecular weight excluding hydrogens is 538 g/mol. The number of esters is 1. The first-order valence-corrected chi connectivity index (χ1v) is 13.6. The number of ether oxygens (including phenoxy) is 2. The van der Waals surface area contributed by atoms with Gasteiger partial charge in [-0.2, -0.15) is 0 Å². The van der Waals surface area contributed by atoms with Crippen molar-refractivity contribution in [3.63, 3.8) is 0 Å². The lowest BCUT2D eigenvalue weighted by atomic mass is 10.0. The van der Waals surface area contributed by atoms with E-state index in [2.05, 4.69) is 22.5 Å². The largest absolute Gasteiger partial charge is 0.465 e. The maximum atomic E-state index is 13.7. The van der Waals surface area contributed by atoms with Crippen molar-refractivity contribution in [2.45, 2.75) is 85.0 Å². The molecule has 0 aromatic carbocycles. The third-order valence-corrected chi connectivity index (χ3v) is 5.79. The van der Waals surface area contributed by atoms with Gasteiger partial charge in [-0.3, -0.25) is 24.0 Å². The van der Waals surface area contributed by atoms with E-state index in [-0.39, 0.29) is 26.1 Å². The van der Waals surface area contributed by atoms with Crippen LogP contribution in [0.2, 0.25) is 0 Å². The molecule has 0 radical (unpaired) electrons. The van der Waals surface area contributed by atoms with Gasteiger partial charge in [0.25, 0.3) is 11.8 Å². The molecule has 230 valence electrons. The van der Waals surface area contributed by atoms with Gasteiger partial charge in [0, 0.05) is 6.54 Å². The normalized spacial score (nSPS) is 16.5. The molecule has 1 aliphatic rings. The van der Waals surface area contributed by atoms with E-state index in [9.17, 15) is 33.6 Å². The fraction of sp³-hybridized carbons (Fsp3) is 0.667. The number of alkyl carbamates (subject to hydrolysis) is 1. The summed E-state index contributed by atoms with van der Waals surface area (Å²) >= 11 is 0. The summed E-state index contributed by atoms with van der Waals surface area (Å²) in [6, 6.07) is -4.94. The van der Waals surface area contributed by atoms with Crippen LogP contribution in [-0.2, 0) is 33.4 Å². The molecule has 0 aromatic rings. The van der Waals surface area contributed by atoms with Crippen molar-refractivity contribution in [3.8, 4) is 0 Å². The van der Waals surface area contributed by atoms with E-state index in [1.807, 2.05) is 0 Å². The molecule has 0 aliphatic carbocycles. The van der Waals surface area contributed by atoms with E-state index >= 15 is 0 Å². The van der Waals surface area contributed by atoms with E-state index in [1.54, 1.807) is 48.5 Å². The molecule has 41 heavy (non-hydrogen) atoms. The highest BCUT2D eigenvalue weighted by Gasteiger charge is 2.49. The smallest absolute Gasteiger partial charge is 0.408 e. The number of carbonyl (C=O) groups excluding carboxylic acids is 7. The predicted molar refractivity (Wildman–Crippen MR) is 147 cm³/mol. The van der Waals surface area contributed by atoms with Gasteiger partial charge in [-0.1, -0.05) is 33.3 Å². The maximum Gasteiger partial charge on any atom is 0.408 e. The molecule has 1 fully saturated rings. The fourth-order valence-electron chi connectivity index (χ4n) is 3.93. The first-order chi connectivity index (χ1) is 19.1. The zero-order valence-electron chi connectivity index (χ0n) is 24.9. The van der Waals surface area contributed by atoms with Crippen LogP contribution in [0.1, 0.15) is 61.3 Å². The van der Waals surface area contributed by atoms with E-state index in [1.165, 1.54) is 6.08 Å². The average Bonchev–Trinajstić information content (AvgIpc) is 3.19. The number of ketones is 1. The molecule has 0 bridgehead atoms. The second-order valence-electron chi connectivity index (χ2n) is 10.8. The molecule has 1 aliphatic heterocycles. The van der Waals surface area contributed by atoms with Gasteiger partial charge in [0.05, 0.1) is 19.2 Å². The molecule has 1 rings (SSSR count). The molecule has 0 saturated carbocycles. The highest BCUT2D eigenvalue weighted by molar-refractivity contribution is 6.38. The molecule has 0 aromatic heterocycles. The minimum Gasteiger partial charge on any atom is -0.465 e. The van der Waals surface area contributed by atoms with Gasteiger partial charge in [0.2, 0.25) is 11.7 Å². The van der Waals surface area contributed by atoms with Gasteiger partial charge in [0.15, 0.2) is 0 Å². The van der Waals surface area contributed by atoms with Crippen molar-refractivity contribution in [3.05, 3.63) is 12.7 Å². The minimum atomic E-state index is -1.48. The van der Waals surface area contributed by atoms with Gasteiger partial charge in [0.1, 0.15) is 24.2 Å². The van der Waals surface area contributed by atoms with Crippen molar-refractivity contribution in [2.75, 3.05) is 26.2 Å². The zero-order valence-corrected chi connectivity index (χ0v) is 24.9. The van der Waals surface area contributed by atoms with Crippen LogP contribution >= 0.6 is 0 Å². The summed E-state index contributed by atoms with van der Waals surface area (Å²) in [6.45, 7) is 14.2. The van der Waals surface area contributed by atoms with Crippen LogP contribution in [0.4, 0.5) is 9.59 Å². The predicted octanol–water partition coefficient (Wildman–Crippen LogP) is 0.888. The monoisotopic (exact) mass is 581 g/mol. The number of carbonyl (C=O) groups is 7. The van der Waals surface area contributed by atoms with Crippen LogP contribution in [0.5, 0.6) is 0 Å². The number of imide groups is 1. The third-order valence-electron chi connectivity index (χ3n) is 5.79. The Bertz CT molecular complexity index is 1020. The lowest BCUT2D eigenvalue weighted by Crippen LogP contribution is -2.59. The third kappa shape index (κ3) is 10.5. The SMILES string of the molecule is C=CCNC(=O)C(=O)C(CCC)NC(=O)C1CN(CC(=O)OCC)C(=O)N1C(=O)C(NC(=O)OC(C)(C)C)C(C)C. The van der Waals surface area contributed by atoms with Crippen molar-refractivity contribution < 1.29 is 43.0 Å². The van der Waals surface area contributed by atoms with E-state index in [4.69, 9.17) is 9.47 Å². The quantitative estimate of drug-likeness (QED) is 0.152. The Hall–Kier alpha value is -3.97. The second-order valence-corrected chi connectivity index (χ2v) is 10.8. The zero-order chi connectivity index (χ0) is 31.5. The van der Waals surface area contributed by atoms with Crippen LogP contribution in [0, 0.1) is 5.92 Å². The van der Waals surface area contributed by atoms with Crippen molar-refractivity contribution >= 4 is 41.6 Å². The molecule has 3 atom stereocenters. The highest BCUT2D eigenvalue weighted by Crippen LogP contribution is 2.21.